The molecule has 1 aliphatic rings. The Bertz CT molecular complexity index is 633. The van der Waals surface area contributed by atoms with Crippen LogP contribution >= 0.6 is 11.3 Å². The van der Waals surface area contributed by atoms with Crippen molar-refractivity contribution >= 4 is 17.2 Å². The Morgan fingerprint density at radius 1 is 1.32 bits per heavy atom. The third-order valence-electron chi connectivity index (χ3n) is 3.58. The van der Waals surface area contributed by atoms with E-state index in [0.29, 0.717) is 32.7 Å². The molecule has 6 heteroatoms. The summed E-state index contributed by atoms with van der Waals surface area (Å²) in [6.07, 6.45) is 0.354. The maximum Gasteiger partial charge on any atom is 0.228 e. The number of benzene rings is 1. The van der Waals surface area contributed by atoms with Crippen LogP contribution in [0.1, 0.15) is 5.69 Å². The highest BCUT2D eigenvalue weighted by molar-refractivity contribution is 7.13. The molecule has 2 heterocycles. The van der Waals surface area contributed by atoms with Gasteiger partial charge in [-0.05, 0) is 24.3 Å². The summed E-state index contributed by atoms with van der Waals surface area (Å²) in [5, 5.41) is 2.88. The predicted octanol–water partition coefficient (Wildman–Crippen LogP) is 2.22. The van der Waals surface area contributed by atoms with E-state index in [4.69, 9.17) is 9.47 Å². The van der Waals surface area contributed by atoms with E-state index >= 15 is 0 Å². The molecule has 22 heavy (non-hydrogen) atoms. The SMILES string of the molecule is COc1ccc(-c2nc(CC(=O)N3CCOCC3)cs2)cc1. The zero-order valence-electron chi connectivity index (χ0n) is 12.4. The van der Waals surface area contributed by atoms with Gasteiger partial charge in [0.1, 0.15) is 10.8 Å². The lowest BCUT2D eigenvalue weighted by molar-refractivity contribution is -0.134. The molecule has 0 bridgehead atoms. The minimum Gasteiger partial charge on any atom is -0.497 e. The number of methoxy groups -OCH3 is 1. The molecular weight excluding hydrogens is 300 g/mol. The number of hydrogen-bond donors (Lipinski definition) is 0. The Morgan fingerprint density at radius 3 is 2.73 bits per heavy atom. The van der Waals surface area contributed by atoms with Crippen LogP contribution in [0.3, 0.4) is 0 Å². The molecule has 2 aromatic rings. The lowest BCUT2D eigenvalue weighted by Gasteiger charge is -2.26. The minimum absolute atomic E-state index is 0.120. The van der Waals surface area contributed by atoms with Crippen LogP contribution < -0.4 is 4.74 Å². The molecule has 3 rings (SSSR count). The third kappa shape index (κ3) is 3.45. The number of amides is 1. The molecule has 1 amide bonds. The van der Waals surface area contributed by atoms with Crippen molar-refractivity contribution in [3.63, 3.8) is 0 Å². The molecule has 5 nitrogen and oxygen atoms in total. The van der Waals surface area contributed by atoms with E-state index < -0.39 is 0 Å². The van der Waals surface area contributed by atoms with Crippen LogP contribution in [-0.4, -0.2) is 49.2 Å². The van der Waals surface area contributed by atoms with Gasteiger partial charge in [-0.15, -0.1) is 11.3 Å². The number of ether oxygens (including phenoxy) is 2. The van der Waals surface area contributed by atoms with Crippen molar-refractivity contribution < 1.29 is 14.3 Å². The van der Waals surface area contributed by atoms with E-state index in [1.807, 2.05) is 34.5 Å². The molecule has 1 aromatic carbocycles. The van der Waals surface area contributed by atoms with Gasteiger partial charge in [-0.1, -0.05) is 0 Å². The van der Waals surface area contributed by atoms with E-state index in [0.717, 1.165) is 22.0 Å². The highest BCUT2D eigenvalue weighted by Gasteiger charge is 2.18. The van der Waals surface area contributed by atoms with E-state index in [-0.39, 0.29) is 5.91 Å². The first kappa shape index (κ1) is 15.0. The lowest BCUT2D eigenvalue weighted by atomic mass is 10.2. The van der Waals surface area contributed by atoms with Gasteiger partial charge in [0, 0.05) is 24.0 Å². The molecule has 0 radical (unpaired) electrons. The monoisotopic (exact) mass is 318 g/mol. The molecule has 0 unspecified atom stereocenters. The summed E-state index contributed by atoms with van der Waals surface area (Å²) < 4.78 is 10.4. The lowest BCUT2D eigenvalue weighted by Crippen LogP contribution is -2.41. The normalized spacial score (nSPS) is 14.9. The number of morpholine rings is 1. The summed E-state index contributed by atoms with van der Waals surface area (Å²) >= 11 is 1.56. The van der Waals surface area contributed by atoms with Crippen molar-refractivity contribution in [2.75, 3.05) is 33.4 Å². The molecule has 0 N–H and O–H groups in total. The number of rotatable bonds is 4. The van der Waals surface area contributed by atoms with Crippen molar-refractivity contribution in [1.29, 1.82) is 0 Å². The van der Waals surface area contributed by atoms with Crippen molar-refractivity contribution in [1.82, 2.24) is 9.88 Å². The molecular formula is C16H18N2O3S. The number of nitrogens with zero attached hydrogens (tertiary/aromatic N) is 2. The van der Waals surface area contributed by atoms with Crippen LogP contribution in [0.25, 0.3) is 10.6 Å². The fourth-order valence-corrected chi connectivity index (χ4v) is 3.16. The van der Waals surface area contributed by atoms with Crippen molar-refractivity contribution in [2.45, 2.75) is 6.42 Å². The van der Waals surface area contributed by atoms with Crippen molar-refractivity contribution in [3.8, 4) is 16.3 Å². The number of carbonyl (C=O) groups excluding carboxylic acids is 1. The first-order valence-electron chi connectivity index (χ1n) is 7.20. The van der Waals surface area contributed by atoms with E-state index in [1.165, 1.54) is 0 Å². The summed E-state index contributed by atoms with van der Waals surface area (Å²) in [5.41, 5.74) is 1.86. The molecule has 1 saturated heterocycles. The zero-order valence-corrected chi connectivity index (χ0v) is 13.3. The first-order chi connectivity index (χ1) is 10.8. The van der Waals surface area contributed by atoms with Crippen LogP contribution in [0.2, 0.25) is 0 Å². The van der Waals surface area contributed by atoms with Crippen LogP contribution in [-0.2, 0) is 16.0 Å². The number of carbonyl (C=O) groups is 1. The number of aromatic nitrogens is 1. The van der Waals surface area contributed by atoms with Gasteiger partial charge in [-0.3, -0.25) is 4.79 Å². The quantitative estimate of drug-likeness (QED) is 0.867. The summed E-state index contributed by atoms with van der Waals surface area (Å²) in [5.74, 6) is 0.943. The molecule has 1 aromatic heterocycles. The van der Waals surface area contributed by atoms with Crippen molar-refractivity contribution in [3.05, 3.63) is 35.3 Å². The summed E-state index contributed by atoms with van der Waals surface area (Å²) in [6.45, 7) is 2.60. The molecule has 0 atom stereocenters. The molecule has 0 spiro atoms. The van der Waals surface area contributed by atoms with Gasteiger partial charge < -0.3 is 14.4 Å². The second kappa shape index (κ2) is 6.89. The second-order valence-electron chi connectivity index (χ2n) is 5.04. The Morgan fingerprint density at radius 2 is 2.05 bits per heavy atom. The average Bonchev–Trinajstić information content (AvgIpc) is 3.04. The zero-order chi connectivity index (χ0) is 15.4. The van der Waals surface area contributed by atoms with Gasteiger partial charge in [0.05, 0.1) is 32.4 Å². The molecule has 1 fully saturated rings. The van der Waals surface area contributed by atoms with Crippen LogP contribution in [0.4, 0.5) is 0 Å². The Labute approximate surface area is 133 Å². The van der Waals surface area contributed by atoms with Crippen LogP contribution in [0.5, 0.6) is 5.75 Å². The molecule has 0 aliphatic carbocycles. The molecule has 1 aliphatic heterocycles. The Hall–Kier alpha value is -1.92. The van der Waals surface area contributed by atoms with Gasteiger partial charge in [0.25, 0.3) is 0 Å². The number of hydrogen-bond acceptors (Lipinski definition) is 5. The summed E-state index contributed by atoms with van der Waals surface area (Å²) in [4.78, 5) is 18.6. The standard InChI is InChI=1S/C16H18N2O3S/c1-20-14-4-2-12(3-5-14)16-17-13(11-22-16)10-15(19)18-6-8-21-9-7-18/h2-5,11H,6-10H2,1H3. The van der Waals surface area contributed by atoms with E-state index in [2.05, 4.69) is 4.98 Å². The molecule has 116 valence electrons. The maximum atomic E-state index is 12.2. The average molecular weight is 318 g/mol. The third-order valence-corrected chi connectivity index (χ3v) is 4.53. The van der Waals surface area contributed by atoms with E-state index in [9.17, 15) is 4.79 Å². The number of thiazole rings is 1. The largest absolute Gasteiger partial charge is 0.497 e. The first-order valence-corrected chi connectivity index (χ1v) is 8.08. The summed E-state index contributed by atoms with van der Waals surface area (Å²) in [6, 6.07) is 7.78. The van der Waals surface area contributed by atoms with Crippen LogP contribution in [0, 0.1) is 0 Å². The maximum absolute atomic E-state index is 12.2. The smallest absolute Gasteiger partial charge is 0.228 e. The topological polar surface area (TPSA) is 51.7 Å². The van der Waals surface area contributed by atoms with Gasteiger partial charge in [0.2, 0.25) is 5.91 Å². The highest BCUT2D eigenvalue weighted by Crippen LogP contribution is 2.26. The fraction of sp³-hybridized carbons (Fsp3) is 0.375. The van der Waals surface area contributed by atoms with Gasteiger partial charge >= 0.3 is 0 Å². The minimum atomic E-state index is 0.120. The predicted molar refractivity (Wildman–Crippen MR) is 85.2 cm³/mol. The van der Waals surface area contributed by atoms with Gasteiger partial charge in [0.15, 0.2) is 0 Å². The highest BCUT2D eigenvalue weighted by atomic mass is 32.1. The molecule has 0 saturated carbocycles. The van der Waals surface area contributed by atoms with E-state index in [1.54, 1.807) is 18.4 Å². The van der Waals surface area contributed by atoms with Crippen molar-refractivity contribution in [2.24, 2.45) is 0 Å². The van der Waals surface area contributed by atoms with Gasteiger partial charge in [-0.2, -0.15) is 0 Å². The second-order valence-corrected chi connectivity index (χ2v) is 5.90. The Kier molecular flexibility index (Phi) is 4.70. The van der Waals surface area contributed by atoms with Gasteiger partial charge in [-0.25, -0.2) is 4.98 Å². The Balaban J connectivity index is 1.66. The van der Waals surface area contributed by atoms with Crippen LogP contribution in [0.15, 0.2) is 29.6 Å². The summed E-state index contributed by atoms with van der Waals surface area (Å²) in [7, 11) is 1.65. The fourth-order valence-electron chi connectivity index (χ4n) is 2.33.